The lowest BCUT2D eigenvalue weighted by Gasteiger charge is -2.26. The van der Waals surface area contributed by atoms with Gasteiger partial charge in [-0.15, -0.1) is 11.3 Å². The smallest absolute Gasteiger partial charge is 0.271 e. The van der Waals surface area contributed by atoms with Gasteiger partial charge in [-0.05, 0) is 12.1 Å². The van der Waals surface area contributed by atoms with Crippen molar-refractivity contribution in [2.24, 2.45) is 0 Å². The van der Waals surface area contributed by atoms with E-state index in [1.165, 1.54) is 12.1 Å². The maximum Gasteiger partial charge on any atom is 0.271 e. The SMILES string of the molecule is O=S(=O)(NOCCN1CCOCC1)c1ccc(Cl)s1. The lowest BCUT2D eigenvalue weighted by molar-refractivity contribution is 0.0125. The second-order valence-corrected chi connectivity index (χ2v) is 7.53. The molecule has 1 aromatic rings. The van der Waals surface area contributed by atoms with Crippen LogP contribution in [0.15, 0.2) is 16.3 Å². The normalized spacial score (nSPS) is 17.7. The van der Waals surface area contributed by atoms with Crippen LogP contribution in [0.2, 0.25) is 4.34 Å². The predicted molar refractivity (Wildman–Crippen MR) is 72.9 cm³/mol. The van der Waals surface area contributed by atoms with Crippen LogP contribution in [0.3, 0.4) is 0 Å². The lowest BCUT2D eigenvalue weighted by Crippen LogP contribution is -2.39. The van der Waals surface area contributed by atoms with E-state index in [4.69, 9.17) is 21.2 Å². The molecular formula is C10H15ClN2O4S2. The Hall–Kier alpha value is -0.220. The van der Waals surface area contributed by atoms with E-state index in [0.29, 0.717) is 30.7 Å². The largest absolute Gasteiger partial charge is 0.379 e. The molecule has 9 heteroatoms. The van der Waals surface area contributed by atoms with Gasteiger partial charge in [0.2, 0.25) is 0 Å². The molecule has 0 spiro atoms. The van der Waals surface area contributed by atoms with Crippen molar-refractivity contribution in [3.63, 3.8) is 0 Å². The summed E-state index contributed by atoms with van der Waals surface area (Å²) in [5.74, 6) is 0. The molecular weight excluding hydrogens is 312 g/mol. The Morgan fingerprint density at radius 1 is 1.42 bits per heavy atom. The number of hydrogen-bond donors (Lipinski definition) is 1. The molecule has 1 aliphatic heterocycles. The zero-order chi connectivity index (χ0) is 13.7. The fourth-order valence-electron chi connectivity index (χ4n) is 1.60. The van der Waals surface area contributed by atoms with Crippen molar-refractivity contribution in [3.05, 3.63) is 16.5 Å². The molecule has 0 aliphatic carbocycles. The van der Waals surface area contributed by atoms with E-state index in [1.807, 2.05) is 0 Å². The van der Waals surface area contributed by atoms with E-state index in [0.717, 1.165) is 24.4 Å². The Morgan fingerprint density at radius 2 is 2.16 bits per heavy atom. The van der Waals surface area contributed by atoms with Crippen molar-refractivity contribution in [2.75, 3.05) is 39.5 Å². The van der Waals surface area contributed by atoms with Gasteiger partial charge in [-0.1, -0.05) is 16.5 Å². The fraction of sp³-hybridized carbons (Fsp3) is 0.600. The summed E-state index contributed by atoms with van der Waals surface area (Å²) in [6.45, 7) is 4.06. The van der Waals surface area contributed by atoms with E-state index in [-0.39, 0.29) is 4.21 Å². The Labute approximate surface area is 121 Å². The third-order valence-corrected chi connectivity index (χ3v) is 5.53. The molecule has 2 heterocycles. The molecule has 108 valence electrons. The molecule has 1 aromatic heterocycles. The molecule has 19 heavy (non-hydrogen) atoms. The van der Waals surface area contributed by atoms with Crippen LogP contribution in [0.25, 0.3) is 0 Å². The Balaban J connectivity index is 1.72. The van der Waals surface area contributed by atoms with Crippen LogP contribution in [0.4, 0.5) is 0 Å². The topological polar surface area (TPSA) is 67.9 Å². The molecule has 1 N–H and O–H groups in total. The van der Waals surface area contributed by atoms with Crippen LogP contribution in [0.5, 0.6) is 0 Å². The minimum absolute atomic E-state index is 0.142. The van der Waals surface area contributed by atoms with E-state index < -0.39 is 10.0 Å². The predicted octanol–water partition coefficient (Wildman–Crippen LogP) is 0.944. The number of hydrogen-bond acceptors (Lipinski definition) is 6. The molecule has 0 atom stereocenters. The van der Waals surface area contributed by atoms with Gasteiger partial charge in [0, 0.05) is 19.6 Å². The molecule has 0 unspecified atom stereocenters. The van der Waals surface area contributed by atoms with Gasteiger partial charge >= 0.3 is 0 Å². The highest BCUT2D eigenvalue weighted by Gasteiger charge is 2.17. The average Bonchev–Trinajstić information content (AvgIpc) is 2.84. The molecule has 2 rings (SSSR count). The van der Waals surface area contributed by atoms with Crippen molar-refractivity contribution in [1.82, 2.24) is 9.79 Å². The first-order chi connectivity index (χ1) is 9.08. The number of ether oxygens (including phenoxy) is 1. The van der Waals surface area contributed by atoms with Crippen LogP contribution < -0.4 is 4.89 Å². The van der Waals surface area contributed by atoms with Crippen molar-refractivity contribution in [2.45, 2.75) is 4.21 Å². The second kappa shape index (κ2) is 6.98. The van der Waals surface area contributed by atoms with Gasteiger partial charge in [-0.2, -0.15) is 0 Å². The molecule has 0 bridgehead atoms. The number of nitrogens with zero attached hydrogens (tertiary/aromatic N) is 1. The molecule has 0 saturated carbocycles. The zero-order valence-corrected chi connectivity index (χ0v) is 12.6. The van der Waals surface area contributed by atoms with E-state index in [9.17, 15) is 8.42 Å². The molecule has 1 saturated heterocycles. The molecule has 0 amide bonds. The summed E-state index contributed by atoms with van der Waals surface area (Å²) in [7, 11) is -3.62. The minimum atomic E-state index is -3.62. The summed E-state index contributed by atoms with van der Waals surface area (Å²) in [6, 6.07) is 2.98. The van der Waals surface area contributed by atoms with Crippen LogP contribution in [-0.4, -0.2) is 52.8 Å². The number of sulfonamides is 1. The summed E-state index contributed by atoms with van der Waals surface area (Å²) in [5.41, 5.74) is 0. The van der Waals surface area contributed by atoms with Crippen molar-refractivity contribution in [1.29, 1.82) is 0 Å². The van der Waals surface area contributed by atoms with Gasteiger partial charge in [-0.3, -0.25) is 9.74 Å². The van der Waals surface area contributed by atoms with Gasteiger partial charge in [0.25, 0.3) is 10.0 Å². The van der Waals surface area contributed by atoms with Crippen LogP contribution in [-0.2, 0) is 19.6 Å². The molecule has 0 radical (unpaired) electrons. The van der Waals surface area contributed by atoms with Crippen LogP contribution in [0.1, 0.15) is 0 Å². The van der Waals surface area contributed by atoms with E-state index in [2.05, 4.69) is 9.79 Å². The highest BCUT2D eigenvalue weighted by Crippen LogP contribution is 2.25. The maximum absolute atomic E-state index is 11.8. The van der Waals surface area contributed by atoms with Gasteiger partial charge in [0.1, 0.15) is 4.21 Å². The Morgan fingerprint density at radius 3 is 2.79 bits per heavy atom. The second-order valence-electron chi connectivity index (χ2n) is 3.95. The van der Waals surface area contributed by atoms with E-state index in [1.54, 1.807) is 0 Å². The van der Waals surface area contributed by atoms with Gasteiger partial charge in [0.05, 0.1) is 24.2 Å². The summed E-state index contributed by atoms with van der Waals surface area (Å²) >= 11 is 6.69. The van der Waals surface area contributed by atoms with E-state index >= 15 is 0 Å². The van der Waals surface area contributed by atoms with Crippen molar-refractivity contribution >= 4 is 33.0 Å². The number of morpholine rings is 1. The third kappa shape index (κ3) is 4.67. The Kier molecular flexibility index (Phi) is 5.58. The minimum Gasteiger partial charge on any atom is -0.379 e. The molecule has 6 nitrogen and oxygen atoms in total. The first-order valence-electron chi connectivity index (χ1n) is 5.77. The first-order valence-corrected chi connectivity index (χ1v) is 8.45. The van der Waals surface area contributed by atoms with Crippen molar-refractivity contribution < 1.29 is 18.0 Å². The summed E-state index contributed by atoms with van der Waals surface area (Å²) in [6.07, 6.45) is 0. The quantitative estimate of drug-likeness (QED) is 0.622. The lowest BCUT2D eigenvalue weighted by atomic mass is 10.4. The molecule has 1 fully saturated rings. The maximum atomic E-state index is 11.8. The highest BCUT2D eigenvalue weighted by molar-refractivity contribution is 7.91. The van der Waals surface area contributed by atoms with Crippen molar-refractivity contribution in [3.8, 4) is 0 Å². The number of thiophene rings is 1. The fourth-order valence-corrected chi connectivity index (χ4v) is 3.89. The zero-order valence-electron chi connectivity index (χ0n) is 10.2. The van der Waals surface area contributed by atoms with Gasteiger partial charge < -0.3 is 4.74 Å². The standard InChI is InChI=1S/C10H15ClN2O4S2/c11-9-1-2-10(18-9)19(14,15)12-17-8-5-13-3-6-16-7-4-13/h1-2,12H,3-8H2. The molecule has 1 aliphatic rings. The molecule has 0 aromatic carbocycles. The monoisotopic (exact) mass is 326 g/mol. The summed E-state index contributed by atoms with van der Waals surface area (Å²) in [5, 5.41) is 0. The number of rotatable bonds is 6. The Bertz CT molecular complexity index is 499. The third-order valence-electron chi connectivity index (χ3n) is 2.60. The number of nitrogens with one attached hydrogen (secondary N) is 1. The number of halogens is 1. The average molecular weight is 327 g/mol. The summed E-state index contributed by atoms with van der Waals surface area (Å²) < 4.78 is 29.3. The van der Waals surface area contributed by atoms with Gasteiger partial charge in [-0.25, -0.2) is 8.42 Å². The van der Waals surface area contributed by atoms with Gasteiger partial charge in [0.15, 0.2) is 0 Å². The van der Waals surface area contributed by atoms with Crippen LogP contribution >= 0.6 is 22.9 Å². The first kappa shape index (κ1) is 15.2. The summed E-state index contributed by atoms with van der Waals surface area (Å²) in [4.78, 5) is 9.25. The highest BCUT2D eigenvalue weighted by atomic mass is 35.5. The van der Waals surface area contributed by atoms with Crippen LogP contribution in [0, 0.1) is 0 Å².